The SMILES string of the molecule is CCOc1cc(/C=C(\C#N)C(=O)OC(C)C)ccc1OCc1cccs1. The topological polar surface area (TPSA) is 68.5 Å². The second-order valence-corrected chi connectivity index (χ2v) is 6.66. The molecule has 0 saturated carbocycles. The van der Waals surface area contributed by atoms with E-state index in [1.165, 1.54) is 6.08 Å². The van der Waals surface area contributed by atoms with Crippen LogP contribution in [-0.2, 0) is 16.1 Å². The molecule has 1 heterocycles. The van der Waals surface area contributed by atoms with E-state index in [0.717, 1.165) is 4.88 Å². The Labute approximate surface area is 157 Å². The lowest BCUT2D eigenvalue weighted by Crippen LogP contribution is -2.12. The molecule has 5 nitrogen and oxygen atoms in total. The number of ether oxygens (including phenoxy) is 3. The third kappa shape index (κ3) is 5.64. The van der Waals surface area contributed by atoms with Gasteiger partial charge in [-0.25, -0.2) is 4.79 Å². The molecule has 2 rings (SSSR count). The quantitative estimate of drug-likeness (QED) is 0.386. The fraction of sp³-hybridized carbons (Fsp3) is 0.300. The van der Waals surface area contributed by atoms with Gasteiger partial charge < -0.3 is 14.2 Å². The zero-order chi connectivity index (χ0) is 18.9. The van der Waals surface area contributed by atoms with E-state index in [1.807, 2.05) is 30.5 Å². The van der Waals surface area contributed by atoms with Crippen LogP contribution in [0.1, 0.15) is 31.2 Å². The summed E-state index contributed by atoms with van der Waals surface area (Å²) in [5.74, 6) is 0.534. The molecule has 1 aromatic heterocycles. The Bertz CT molecular complexity index is 804. The maximum absolute atomic E-state index is 11.9. The van der Waals surface area contributed by atoms with E-state index in [2.05, 4.69) is 0 Å². The van der Waals surface area contributed by atoms with Crippen molar-refractivity contribution in [3.63, 3.8) is 0 Å². The Morgan fingerprint density at radius 2 is 2.08 bits per heavy atom. The number of esters is 1. The Hall–Kier alpha value is -2.78. The third-order valence-electron chi connectivity index (χ3n) is 3.21. The number of thiophene rings is 1. The summed E-state index contributed by atoms with van der Waals surface area (Å²) >= 11 is 1.62. The molecule has 0 radical (unpaired) electrons. The number of carbonyl (C=O) groups excluding carboxylic acids is 1. The number of rotatable bonds is 8. The molecule has 6 heteroatoms. The van der Waals surface area contributed by atoms with E-state index >= 15 is 0 Å². The van der Waals surface area contributed by atoms with E-state index in [4.69, 9.17) is 14.2 Å². The Morgan fingerprint density at radius 1 is 1.27 bits per heavy atom. The van der Waals surface area contributed by atoms with E-state index in [1.54, 1.807) is 43.4 Å². The standard InChI is InChI=1S/C20H21NO4S/c1-4-23-19-11-15(10-16(12-21)20(22)25-14(2)3)7-8-18(19)24-13-17-6-5-9-26-17/h5-11,14H,4,13H2,1-3H3/b16-10+. The predicted octanol–water partition coefficient (Wildman–Crippen LogP) is 4.58. The first-order valence-electron chi connectivity index (χ1n) is 8.28. The van der Waals surface area contributed by atoms with Crippen LogP contribution in [0.25, 0.3) is 6.08 Å². The molecule has 26 heavy (non-hydrogen) atoms. The lowest BCUT2D eigenvalue weighted by molar-refractivity contribution is -0.142. The van der Waals surface area contributed by atoms with Gasteiger partial charge in [-0.3, -0.25) is 0 Å². The molecule has 0 aliphatic heterocycles. The van der Waals surface area contributed by atoms with Crippen LogP contribution in [0.4, 0.5) is 0 Å². The molecule has 0 aliphatic rings. The first-order chi connectivity index (χ1) is 12.5. The van der Waals surface area contributed by atoms with Gasteiger partial charge in [-0.05, 0) is 56.0 Å². The van der Waals surface area contributed by atoms with Crippen molar-refractivity contribution in [1.29, 1.82) is 5.26 Å². The fourth-order valence-corrected chi connectivity index (χ4v) is 2.74. The molecule has 0 atom stereocenters. The molecule has 0 bridgehead atoms. The Balaban J connectivity index is 2.21. The van der Waals surface area contributed by atoms with Crippen molar-refractivity contribution in [3.8, 4) is 17.6 Å². The summed E-state index contributed by atoms with van der Waals surface area (Å²) in [7, 11) is 0. The van der Waals surface area contributed by atoms with E-state index in [9.17, 15) is 10.1 Å². The third-order valence-corrected chi connectivity index (χ3v) is 4.06. The van der Waals surface area contributed by atoms with Crippen LogP contribution >= 0.6 is 11.3 Å². The predicted molar refractivity (Wildman–Crippen MR) is 101 cm³/mol. The van der Waals surface area contributed by atoms with Crippen molar-refractivity contribution in [2.45, 2.75) is 33.5 Å². The summed E-state index contributed by atoms with van der Waals surface area (Å²) < 4.78 is 16.5. The highest BCUT2D eigenvalue weighted by Gasteiger charge is 2.13. The molecule has 2 aromatic rings. The minimum atomic E-state index is -0.640. The number of benzene rings is 1. The maximum atomic E-state index is 11.9. The van der Waals surface area contributed by atoms with Crippen LogP contribution in [0.5, 0.6) is 11.5 Å². The molecule has 0 fully saturated rings. The normalized spacial score (nSPS) is 11.1. The van der Waals surface area contributed by atoms with Crippen LogP contribution in [0.2, 0.25) is 0 Å². The van der Waals surface area contributed by atoms with E-state index in [-0.39, 0.29) is 11.7 Å². The second-order valence-electron chi connectivity index (χ2n) is 5.63. The highest BCUT2D eigenvalue weighted by atomic mass is 32.1. The van der Waals surface area contributed by atoms with Gasteiger partial charge >= 0.3 is 5.97 Å². The molecule has 0 spiro atoms. The number of nitrogens with zero attached hydrogens (tertiary/aromatic N) is 1. The molecule has 136 valence electrons. The molecule has 0 unspecified atom stereocenters. The number of hydrogen-bond donors (Lipinski definition) is 0. The van der Waals surface area contributed by atoms with Crippen molar-refractivity contribution in [1.82, 2.24) is 0 Å². The molecular formula is C20H21NO4S. The monoisotopic (exact) mass is 371 g/mol. The summed E-state index contributed by atoms with van der Waals surface area (Å²) in [4.78, 5) is 13.0. The molecular weight excluding hydrogens is 350 g/mol. The molecule has 0 aliphatic carbocycles. The highest BCUT2D eigenvalue weighted by molar-refractivity contribution is 7.09. The summed E-state index contributed by atoms with van der Waals surface area (Å²) in [6.07, 6.45) is 1.20. The van der Waals surface area contributed by atoms with Gasteiger partial charge in [0.05, 0.1) is 12.7 Å². The second kappa shape index (κ2) is 9.64. The first kappa shape index (κ1) is 19.5. The first-order valence-corrected chi connectivity index (χ1v) is 9.16. The van der Waals surface area contributed by atoms with Gasteiger partial charge in [-0.15, -0.1) is 11.3 Å². The molecule has 0 N–H and O–H groups in total. The van der Waals surface area contributed by atoms with Crippen LogP contribution in [0.15, 0.2) is 41.3 Å². The minimum absolute atomic E-state index is 0.0617. The van der Waals surface area contributed by atoms with Gasteiger partial charge in [0.25, 0.3) is 0 Å². The van der Waals surface area contributed by atoms with Gasteiger partial charge in [0.2, 0.25) is 0 Å². The van der Waals surface area contributed by atoms with Gasteiger partial charge in [-0.2, -0.15) is 5.26 Å². The summed E-state index contributed by atoms with van der Waals surface area (Å²) in [6, 6.07) is 11.1. The highest BCUT2D eigenvalue weighted by Crippen LogP contribution is 2.30. The smallest absolute Gasteiger partial charge is 0.349 e. The summed E-state index contributed by atoms with van der Waals surface area (Å²) in [6.45, 7) is 6.28. The Morgan fingerprint density at radius 3 is 2.69 bits per heavy atom. The van der Waals surface area contributed by atoms with E-state index < -0.39 is 5.97 Å². The zero-order valence-electron chi connectivity index (χ0n) is 15.0. The zero-order valence-corrected chi connectivity index (χ0v) is 15.8. The number of hydrogen-bond acceptors (Lipinski definition) is 6. The van der Waals surface area contributed by atoms with E-state index in [0.29, 0.717) is 30.3 Å². The van der Waals surface area contributed by atoms with Crippen LogP contribution in [-0.4, -0.2) is 18.7 Å². The van der Waals surface area contributed by atoms with Crippen molar-refractivity contribution < 1.29 is 19.0 Å². The number of carbonyl (C=O) groups is 1. The largest absolute Gasteiger partial charge is 0.490 e. The lowest BCUT2D eigenvalue weighted by Gasteiger charge is -2.12. The van der Waals surface area contributed by atoms with Gasteiger partial charge in [0, 0.05) is 4.88 Å². The van der Waals surface area contributed by atoms with Crippen molar-refractivity contribution >= 4 is 23.4 Å². The van der Waals surface area contributed by atoms with Gasteiger partial charge in [-0.1, -0.05) is 12.1 Å². The summed E-state index contributed by atoms with van der Waals surface area (Å²) in [5, 5.41) is 11.2. The maximum Gasteiger partial charge on any atom is 0.349 e. The summed E-state index contributed by atoms with van der Waals surface area (Å²) in [5.41, 5.74) is 0.600. The Kier molecular flexibility index (Phi) is 7.24. The lowest BCUT2D eigenvalue weighted by atomic mass is 10.1. The van der Waals surface area contributed by atoms with Crippen LogP contribution in [0.3, 0.4) is 0 Å². The van der Waals surface area contributed by atoms with Gasteiger partial charge in [0.1, 0.15) is 18.2 Å². The molecule has 0 saturated heterocycles. The number of nitriles is 1. The van der Waals surface area contributed by atoms with Crippen molar-refractivity contribution in [2.24, 2.45) is 0 Å². The van der Waals surface area contributed by atoms with Crippen LogP contribution < -0.4 is 9.47 Å². The fourth-order valence-electron chi connectivity index (χ4n) is 2.13. The average molecular weight is 371 g/mol. The van der Waals surface area contributed by atoms with Crippen molar-refractivity contribution in [3.05, 3.63) is 51.7 Å². The molecule has 0 amide bonds. The van der Waals surface area contributed by atoms with Gasteiger partial charge in [0.15, 0.2) is 11.5 Å². The molecule has 1 aromatic carbocycles. The minimum Gasteiger partial charge on any atom is -0.490 e. The van der Waals surface area contributed by atoms with Crippen molar-refractivity contribution in [2.75, 3.05) is 6.61 Å². The van der Waals surface area contributed by atoms with Crippen LogP contribution in [0, 0.1) is 11.3 Å². The average Bonchev–Trinajstić information content (AvgIpc) is 3.12.